The van der Waals surface area contributed by atoms with E-state index in [1.54, 1.807) is 6.92 Å². The Morgan fingerprint density at radius 3 is 2.13 bits per heavy atom. The molecule has 0 N–H and O–H groups in total. The third-order valence-corrected chi connectivity index (χ3v) is 6.51. The standard InChI is InChI=1S/C24H37NO5S/c1-4-6-8-10-12-14-16-28-23(27)20-18(3)19-21(31-20)25-24(30-22(19)26)29-17-15-13-11-9-7-5-2/h4-17H2,1-3H3. The summed E-state index contributed by atoms with van der Waals surface area (Å²) in [5.74, 6) is -0.400. The SMILES string of the molecule is CCCCCCCCOC(=O)c1sc2nc(OCCCCCCCC)oc(=O)c2c1C. The smallest absolute Gasteiger partial charge is 0.397 e. The van der Waals surface area contributed by atoms with Gasteiger partial charge < -0.3 is 13.9 Å². The Hall–Kier alpha value is -1.89. The predicted molar refractivity (Wildman–Crippen MR) is 125 cm³/mol. The largest absolute Gasteiger partial charge is 0.462 e. The number of hydrogen-bond acceptors (Lipinski definition) is 7. The molecule has 0 spiro atoms. The fourth-order valence-corrected chi connectivity index (χ4v) is 4.51. The molecule has 0 bridgehead atoms. The van der Waals surface area contributed by atoms with Crippen molar-refractivity contribution in [3.05, 3.63) is 20.9 Å². The zero-order valence-electron chi connectivity index (χ0n) is 19.3. The first-order valence-electron chi connectivity index (χ1n) is 11.8. The van der Waals surface area contributed by atoms with Crippen molar-refractivity contribution in [2.75, 3.05) is 13.2 Å². The van der Waals surface area contributed by atoms with Crippen molar-refractivity contribution in [1.82, 2.24) is 4.98 Å². The Bertz CT molecular complexity index is 858. The number of ether oxygens (including phenoxy) is 2. The third-order valence-electron chi connectivity index (χ3n) is 5.35. The van der Waals surface area contributed by atoms with E-state index in [0.29, 0.717) is 33.9 Å². The van der Waals surface area contributed by atoms with Crippen molar-refractivity contribution in [3.63, 3.8) is 0 Å². The molecule has 2 rings (SSSR count). The van der Waals surface area contributed by atoms with Gasteiger partial charge in [-0.1, -0.05) is 78.1 Å². The van der Waals surface area contributed by atoms with Gasteiger partial charge in [-0.3, -0.25) is 0 Å². The van der Waals surface area contributed by atoms with Gasteiger partial charge in [-0.25, -0.2) is 9.59 Å². The van der Waals surface area contributed by atoms with Crippen LogP contribution in [0.2, 0.25) is 0 Å². The van der Waals surface area contributed by atoms with Crippen LogP contribution in [0.4, 0.5) is 0 Å². The summed E-state index contributed by atoms with van der Waals surface area (Å²) in [6.45, 7) is 6.98. The highest BCUT2D eigenvalue weighted by Crippen LogP contribution is 2.29. The Balaban J connectivity index is 1.88. The predicted octanol–water partition coefficient (Wildman–Crippen LogP) is 6.81. The van der Waals surface area contributed by atoms with Gasteiger partial charge in [0.2, 0.25) is 0 Å². The maximum Gasteiger partial charge on any atom is 0.397 e. The minimum Gasteiger partial charge on any atom is -0.462 e. The first kappa shape index (κ1) is 25.4. The van der Waals surface area contributed by atoms with Crippen molar-refractivity contribution >= 4 is 27.5 Å². The maximum absolute atomic E-state index is 12.5. The molecule has 0 aliphatic carbocycles. The van der Waals surface area contributed by atoms with E-state index in [4.69, 9.17) is 13.9 Å². The topological polar surface area (TPSA) is 78.6 Å². The minimum absolute atomic E-state index is 0.0284. The van der Waals surface area contributed by atoms with Gasteiger partial charge in [-0.05, 0) is 25.3 Å². The maximum atomic E-state index is 12.5. The molecule has 31 heavy (non-hydrogen) atoms. The molecule has 0 fully saturated rings. The van der Waals surface area contributed by atoms with Crippen molar-refractivity contribution < 1.29 is 18.7 Å². The summed E-state index contributed by atoms with van der Waals surface area (Å²) in [6.07, 6.45) is 13.6. The molecule has 0 amide bonds. The summed E-state index contributed by atoms with van der Waals surface area (Å²) in [5.41, 5.74) is 0.0448. The molecule has 0 saturated carbocycles. The normalized spacial score (nSPS) is 11.2. The summed E-state index contributed by atoms with van der Waals surface area (Å²) >= 11 is 1.16. The summed E-state index contributed by atoms with van der Waals surface area (Å²) in [7, 11) is 0. The molecule has 0 radical (unpaired) electrons. The van der Waals surface area contributed by atoms with E-state index in [0.717, 1.165) is 37.0 Å². The van der Waals surface area contributed by atoms with Gasteiger partial charge in [-0.15, -0.1) is 11.3 Å². The molecule has 0 aliphatic heterocycles. The summed E-state index contributed by atoms with van der Waals surface area (Å²) in [6, 6.07) is 0. The van der Waals surface area contributed by atoms with Crippen molar-refractivity contribution in [2.24, 2.45) is 0 Å². The highest BCUT2D eigenvalue weighted by Gasteiger charge is 2.21. The van der Waals surface area contributed by atoms with Crippen LogP contribution in [0.15, 0.2) is 9.21 Å². The lowest BCUT2D eigenvalue weighted by atomic mass is 10.1. The van der Waals surface area contributed by atoms with E-state index >= 15 is 0 Å². The number of nitrogens with zero attached hydrogens (tertiary/aromatic N) is 1. The molecule has 2 aromatic rings. The van der Waals surface area contributed by atoms with Gasteiger partial charge in [0, 0.05) is 0 Å². The van der Waals surface area contributed by atoms with E-state index in [-0.39, 0.29) is 6.08 Å². The molecule has 2 heterocycles. The minimum atomic E-state index is -0.522. The van der Waals surface area contributed by atoms with E-state index in [1.807, 2.05) is 0 Å². The summed E-state index contributed by atoms with van der Waals surface area (Å²) in [4.78, 5) is 30.1. The van der Waals surface area contributed by atoms with Crippen LogP contribution >= 0.6 is 11.3 Å². The second-order valence-corrected chi connectivity index (χ2v) is 9.02. The number of fused-ring (bicyclic) bond motifs is 1. The van der Waals surface area contributed by atoms with E-state index in [1.165, 1.54) is 51.4 Å². The van der Waals surface area contributed by atoms with Crippen LogP contribution in [0, 0.1) is 6.92 Å². The zero-order valence-corrected chi connectivity index (χ0v) is 20.1. The fourth-order valence-electron chi connectivity index (χ4n) is 3.46. The quantitative estimate of drug-likeness (QED) is 0.206. The van der Waals surface area contributed by atoms with Gasteiger partial charge in [-0.2, -0.15) is 4.98 Å². The molecule has 174 valence electrons. The van der Waals surface area contributed by atoms with E-state index in [9.17, 15) is 9.59 Å². The van der Waals surface area contributed by atoms with Crippen LogP contribution < -0.4 is 10.4 Å². The Morgan fingerprint density at radius 2 is 1.48 bits per heavy atom. The molecular weight excluding hydrogens is 414 g/mol. The average Bonchev–Trinajstić information content (AvgIpc) is 3.09. The number of carbonyl (C=O) groups is 1. The lowest BCUT2D eigenvalue weighted by Gasteiger charge is -2.04. The zero-order chi connectivity index (χ0) is 22.5. The second kappa shape index (κ2) is 14.2. The van der Waals surface area contributed by atoms with Crippen LogP contribution in [-0.4, -0.2) is 24.2 Å². The van der Waals surface area contributed by atoms with Crippen molar-refractivity contribution in [1.29, 1.82) is 0 Å². The highest BCUT2D eigenvalue weighted by molar-refractivity contribution is 7.20. The van der Waals surface area contributed by atoms with E-state index in [2.05, 4.69) is 18.8 Å². The number of aromatic nitrogens is 1. The number of unbranched alkanes of at least 4 members (excludes halogenated alkanes) is 10. The van der Waals surface area contributed by atoms with Crippen LogP contribution in [0.1, 0.15) is 106 Å². The fraction of sp³-hybridized carbons (Fsp3) is 0.708. The van der Waals surface area contributed by atoms with Gasteiger partial charge in [0.05, 0.1) is 13.2 Å². The molecule has 0 atom stereocenters. The summed E-state index contributed by atoms with van der Waals surface area (Å²) in [5, 5.41) is 0.337. The van der Waals surface area contributed by atoms with Gasteiger partial charge in [0.25, 0.3) is 0 Å². The number of esters is 1. The van der Waals surface area contributed by atoms with Crippen LogP contribution in [0.3, 0.4) is 0 Å². The lowest BCUT2D eigenvalue weighted by Crippen LogP contribution is -2.08. The molecule has 0 aliphatic rings. The van der Waals surface area contributed by atoms with Crippen molar-refractivity contribution in [2.45, 2.75) is 97.8 Å². The first-order valence-corrected chi connectivity index (χ1v) is 12.6. The third kappa shape index (κ3) is 8.28. The molecule has 7 heteroatoms. The number of rotatable bonds is 16. The first-order chi connectivity index (χ1) is 15.1. The number of hydrogen-bond donors (Lipinski definition) is 0. The van der Waals surface area contributed by atoms with E-state index < -0.39 is 11.6 Å². The molecule has 2 aromatic heterocycles. The Labute approximate surface area is 189 Å². The Kier molecular flexibility index (Phi) is 11.6. The molecule has 6 nitrogen and oxygen atoms in total. The van der Waals surface area contributed by atoms with Crippen LogP contribution in [0.5, 0.6) is 6.08 Å². The Morgan fingerprint density at radius 1 is 0.903 bits per heavy atom. The van der Waals surface area contributed by atoms with Gasteiger partial charge in [0.1, 0.15) is 15.1 Å². The van der Waals surface area contributed by atoms with Crippen molar-refractivity contribution in [3.8, 4) is 6.08 Å². The average molecular weight is 452 g/mol. The molecule has 0 unspecified atom stereocenters. The molecule has 0 aromatic carbocycles. The van der Waals surface area contributed by atoms with Gasteiger partial charge in [0.15, 0.2) is 0 Å². The lowest BCUT2D eigenvalue weighted by molar-refractivity contribution is 0.0503. The number of thiophene rings is 1. The monoisotopic (exact) mass is 451 g/mol. The van der Waals surface area contributed by atoms with Crippen LogP contribution in [0.25, 0.3) is 10.2 Å². The molecule has 0 saturated heterocycles. The van der Waals surface area contributed by atoms with Gasteiger partial charge >= 0.3 is 17.7 Å². The molecular formula is C24H37NO5S. The second-order valence-electron chi connectivity index (χ2n) is 8.02. The highest BCUT2D eigenvalue weighted by atomic mass is 32.1. The van der Waals surface area contributed by atoms with Crippen LogP contribution in [-0.2, 0) is 4.74 Å². The summed E-state index contributed by atoms with van der Waals surface area (Å²) < 4.78 is 16.2. The number of aryl methyl sites for hydroxylation is 1. The number of carbonyl (C=O) groups excluding carboxylic acids is 1.